The molecule has 2 aromatic heterocycles. The molecule has 1 N–H and O–H groups in total. The van der Waals surface area contributed by atoms with Crippen molar-refractivity contribution in [2.75, 3.05) is 18.0 Å². The molecule has 1 aliphatic heterocycles. The third-order valence-electron chi connectivity index (χ3n) is 5.50. The lowest BCUT2D eigenvalue weighted by atomic mass is 9.97. The van der Waals surface area contributed by atoms with Gasteiger partial charge in [0.15, 0.2) is 11.3 Å². The predicted octanol–water partition coefficient (Wildman–Crippen LogP) is 4.12. The van der Waals surface area contributed by atoms with Crippen LogP contribution in [0.4, 0.5) is 10.1 Å². The normalized spacial score (nSPS) is 15.0. The molecule has 4 rings (SSSR count). The number of carboxylic acid groups (broad SMARTS) is 1. The van der Waals surface area contributed by atoms with E-state index in [1.54, 1.807) is 22.9 Å². The lowest BCUT2D eigenvalue weighted by Crippen LogP contribution is -2.33. The number of hydrogen-bond acceptors (Lipinski definition) is 5. The number of halogens is 1. The van der Waals surface area contributed by atoms with Crippen LogP contribution in [0.1, 0.15) is 48.8 Å². The van der Waals surface area contributed by atoms with Crippen LogP contribution in [0.15, 0.2) is 30.3 Å². The van der Waals surface area contributed by atoms with Crippen LogP contribution in [0.2, 0.25) is 0 Å². The van der Waals surface area contributed by atoms with Crippen LogP contribution >= 0.6 is 0 Å². The van der Waals surface area contributed by atoms with Crippen molar-refractivity contribution in [3.05, 3.63) is 47.5 Å². The molecule has 0 bridgehead atoms. The smallest absolute Gasteiger partial charge is 0.354 e. The van der Waals surface area contributed by atoms with Crippen molar-refractivity contribution >= 4 is 22.7 Å². The van der Waals surface area contributed by atoms with Crippen molar-refractivity contribution < 1.29 is 14.3 Å². The van der Waals surface area contributed by atoms with Gasteiger partial charge in [0.25, 0.3) is 0 Å². The fraction of sp³-hybridized carbons (Fsp3) is 0.364. The summed E-state index contributed by atoms with van der Waals surface area (Å²) in [7, 11) is 0. The molecule has 1 fully saturated rings. The number of benzene rings is 1. The van der Waals surface area contributed by atoms with Crippen LogP contribution in [-0.4, -0.2) is 38.9 Å². The average molecular weight is 407 g/mol. The zero-order valence-corrected chi connectivity index (χ0v) is 16.8. The first-order valence-electron chi connectivity index (χ1n) is 9.96. The molecular formula is C22H22FN5O2. The molecule has 0 aliphatic carbocycles. The minimum absolute atomic E-state index is 0.0176. The molecule has 0 spiro atoms. The lowest BCUT2D eigenvalue weighted by molar-refractivity contribution is 0.0691. The van der Waals surface area contributed by atoms with Gasteiger partial charge in [-0.05, 0) is 49.1 Å². The van der Waals surface area contributed by atoms with Gasteiger partial charge in [0.2, 0.25) is 0 Å². The number of aromatic nitrogens is 3. The number of nitrogens with zero attached hydrogens (tertiary/aromatic N) is 5. The molecule has 1 saturated heterocycles. The minimum atomic E-state index is -1.12. The molecule has 1 aliphatic rings. The van der Waals surface area contributed by atoms with Gasteiger partial charge in [0.05, 0.1) is 28.5 Å². The number of anilines is 1. The highest BCUT2D eigenvalue weighted by Crippen LogP contribution is 2.36. The van der Waals surface area contributed by atoms with Gasteiger partial charge in [-0.1, -0.05) is 13.8 Å². The van der Waals surface area contributed by atoms with Gasteiger partial charge in [-0.25, -0.2) is 18.9 Å². The van der Waals surface area contributed by atoms with E-state index in [4.69, 9.17) is 5.10 Å². The predicted molar refractivity (Wildman–Crippen MR) is 110 cm³/mol. The van der Waals surface area contributed by atoms with E-state index in [2.05, 4.69) is 16.0 Å². The topological polar surface area (TPSA) is 95.0 Å². The first kappa shape index (κ1) is 19.8. The standard InChI is InChI=1S/C22H22FN5O2/c1-13(2)20-19-18(27-9-7-14(12-24)8-10-27)11-17(22(29)30)25-21(19)28(26-20)16-5-3-15(23)4-6-16/h3-6,11,13-14H,7-10H2,1-2H3,(H,29,30). The second-order valence-electron chi connectivity index (χ2n) is 7.85. The zero-order valence-electron chi connectivity index (χ0n) is 16.8. The molecule has 3 aromatic rings. The molecule has 8 heteroatoms. The zero-order chi connectivity index (χ0) is 21.4. The van der Waals surface area contributed by atoms with Crippen LogP contribution in [-0.2, 0) is 0 Å². The van der Waals surface area contributed by atoms with Gasteiger partial charge < -0.3 is 10.0 Å². The van der Waals surface area contributed by atoms with Crippen LogP contribution in [0.25, 0.3) is 16.7 Å². The Labute approximate surface area is 173 Å². The van der Waals surface area contributed by atoms with E-state index in [0.29, 0.717) is 24.4 Å². The van der Waals surface area contributed by atoms with Crippen molar-refractivity contribution in [1.29, 1.82) is 5.26 Å². The number of piperidine rings is 1. The van der Waals surface area contributed by atoms with Gasteiger partial charge in [0, 0.05) is 19.0 Å². The second kappa shape index (κ2) is 7.75. The van der Waals surface area contributed by atoms with E-state index in [1.807, 2.05) is 13.8 Å². The third kappa shape index (κ3) is 3.47. The van der Waals surface area contributed by atoms with E-state index in [1.165, 1.54) is 12.1 Å². The Balaban J connectivity index is 1.95. The van der Waals surface area contributed by atoms with E-state index >= 15 is 0 Å². The highest BCUT2D eigenvalue weighted by Gasteiger charge is 2.27. The summed E-state index contributed by atoms with van der Waals surface area (Å²) in [5.74, 6) is -1.39. The fourth-order valence-electron chi connectivity index (χ4n) is 3.90. The summed E-state index contributed by atoms with van der Waals surface area (Å²) in [4.78, 5) is 18.3. The van der Waals surface area contributed by atoms with Crippen LogP contribution < -0.4 is 4.90 Å². The van der Waals surface area contributed by atoms with Crippen molar-refractivity contribution in [1.82, 2.24) is 14.8 Å². The minimum Gasteiger partial charge on any atom is -0.477 e. The molecule has 30 heavy (non-hydrogen) atoms. The molecule has 0 atom stereocenters. The number of rotatable bonds is 4. The summed E-state index contributed by atoms with van der Waals surface area (Å²) in [6, 6.07) is 9.79. The van der Waals surface area contributed by atoms with Crippen molar-refractivity contribution in [3.8, 4) is 11.8 Å². The van der Waals surface area contributed by atoms with E-state index in [9.17, 15) is 19.6 Å². The summed E-state index contributed by atoms with van der Waals surface area (Å²) in [6.07, 6.45) is 1.46. The van der Waals surface area contributed by atoms with Gasteiger partial charge in [-0.2, -0.15) is 10.4 Å². The summed E-state index contributed by atoms with van der Waals surface area (Å²) < 4.78 is 15.0. The number of pyridine rings is 1. The first-order valence-corrected chi connectivity index (χ1v) is 9.96. The van der Waals surface area contributed by atoms with Gasteiger partial charge in [0.1, 0.15) is 5.82 Å². The molecule has 1 aromatic carbocycles. The Kier molecular flexibility index (Phi) is 5.12. The SMILES string of the molecule is CC(C)c1nn(-c2ccc(F)cc2)c2nc(C(=O)O)cc(N3CCC(C#N)CC3)c12. The van der Waals surface area contributed by atoms with Gasteiger partial charge >= 0.3 is 5.97 Å². The average Bonchev–Trinajstić information content (AvgIpc) is 3.13. The molecule has 0 saturated carbocycles. The maximum absolute atomic E-state index is 13.4. The first-order chi connectivity index (χ1) is 14.4. The molecule has 7 nitrogen and oxygen atoms in total. The molecule has 0 radical (unpaired) electrons. The maximum Gasteiger partial charge on any atom is 0.354 e. The van der Waals surface area contributed by atoms with Crippen LogP contribution in [0.3, 0.4) is 0 Å². The van der Waals surface area contributed by atoms with E-state index in [-0.39, 0.29) is 23.3 Å². The van der Waals surface area contributed by atoms with Gasteiger partial charge in [-0.3, -0.25) is 0 Å². The van der Waals surface area contributed by atoms with Crippen molar-refractivity contribution in [2.45, 2.75) is 32.6 Å². The molecular weight excluding hydrogens is 385 g/mol. The highest BCUT2D eigenvalue weighted by molar-refractivity contribution is 5.98. The summed E-state index contributed by atoms with van der Waals surface area (Å²) >= 11 is 0. The van der Waals surface area contributed by atoms with Crippen molar-refractivity contribution in [2.24, 2.45) is 5.92 Å². The number of nitriles is 1. The molecule has 0 amide bonds. The van der Waals surface area contributed by atoms with Crippen LogP contribution in [0.5, 0.6) is 0 Å². The molecule has 0 unspecified atom stereocenters. The lowest BCUT2D eigenvalue weighted by Gasteiger charge is -2.31. The largest absolute Gasteiger partial charge is 0.477 e. The Morgan fingerprint density at radius 3 is 2.50 bits per heavy atom. The fourth-order valence-corrected chi connectivity index (χ4v) is 3.90. The number of fused-ring (bicyclic) bond motifs is 1. The molecule has 3 heterocycles. The highest BCUT2D eigenvalue weighted by atomic mass is 19.1. The van der Waals surface area contributed by atoms with Crippen LogP contribution in [0, 0.1) is 23.1 Å². The quantitative estimate of drug-likeness (QED) is 0.699. The summed E-state index contributed by atoms with van der Waals surface area (Å²) in [5.41, 5.74) is 2.54. The second-order valence-corrected chi connectivity index (χ2v) is 7.85. The van der Waals surface area contributed by atoms with Gasteiger partial charge in [-0.15, -0.1) is 0 Å². The number of hydrogen-bond donors (Lipinski definition) is 1. The van der Waals surface area contributed by atoms with E-state index < -0.39 is 5.97 Å². The summed E-state index contributed by atoms with van der Waals surface area (Å²) in [5, 5.41) is 24.4. The van der Waals surface area contributed by atoms with E-state index in [0.717, 1.165) is 29.6 Å². The Morgan fingerprint density at radius 1 is 1.27 bits per heavy atom. The summed E-state index contributed by atoms with van der Waals surface area (Å²) in [6.45, 7) is 5.37. The maximum atomic E-state index is 13.4. The number of aromatic carboxylic acids is 1. The Morgan fingerprint density at radius 2 is 1.93 bits per heavy atom. The number of carbonyl (C=O) groups is 1. The third-order valence-corrected chi connectivity index (χ3v) is 5.50. The number of carboxylic acids is 1. The molecule has 154 valence electrons. The monoisotopic (exact) mass is 407 g/mol. The Hall–Kier alpha value is -3.47. The Bertz CT molecular complexity index is 1140. The van der Waals surface area contributed by atoms with Crippen molar-refractivity contribution in [3.63, 3.8) is 0 Å².